The summed E-state index contributed by atoms with van der Waals surface area (Å²) in [6, 6.07) is 11.8. The number of fused-ring (bicyclic) bond motifs is 1. The molecule has 1 aromatic heterocycles. The Labute approximate surface area is 207 Å². The number of oxazole rings is 1. The lowest BCUT2D eigenvalue weighted by Gasteiger charge is -2.34. The topological polar surface area (TPSA) is 112 Å². The van der Waals surface area contributed by atoms with E-state index in [1.54, 1.807) is 24.3 Å². The van der Waals surface area contributed by atoms with E-state index in [2.05, 4.69) is 16.4 Å². The van der Waals surface area contributed by atoms with Crippen LogP contribution in [-0.2, 0) is 4.74 Å². The van der Waals surface area contributed by atoms with Crippen LogP contribution in [0.2, 0.25) is 5.02 Å². The van der Waals surface area contributed by atoms with Gasteiger partial charge in [0.1, 0.15) is 17.4 Å². The molecule has 35 heavy (non-hydrogen) atoms. The highest BCUT2D eigenvalue weighted by atomic mass is 35.5. The highest BCUT2D eigenvalue weighted by molar-refractivity contribution is 6.30. The third-order valence-corrected chi connectivity index (χ3v) is 6.45. The summed E-state index contributed by atoms with van der Waals surface area (Å²) in [5, 5.41) is 22.3. The second kappa shape index (κ2) is 9.72. The number of para-hydroxylation sites is 1. The molecule has 1 aliphatic heterocycles. The third-order valence-electron chi connectivity index (χ3n) is 6.14. The van der Waals surface area contributed by atoms with Crippen LogP contribution in [0.3, 0.4) is 0 Å². The molecule has 1 aliphatic rings. The Hall–Kier alpha value is -3.35. The molecule has 0 saturated carbocycles. The number of halogens is 2. The van der Waals surface area contributed by atoms with Gasteiger partial charge in [-0.25, -0.2) is 9.18 Å². The van der Waals surface area contributed by atoms with Crippen molar-refractivity contribution in [1.82, 2.24) is 9.88 Å². The minimum absolute atomic E-state index is 0.00338. The van der Waals surface area contributed by atoms with Gasteiger partial charge in [-0.2, -0.15) is 10.2 Å². The zero-order chi connectivity index (χ0) is 25.3. The monoisotopic (exact) mass is 500 g/mol. The number of nitrogens with one attached hydrogen (secondary N) is 1. The Kier molecular flexibility index (Phi) is 6.88. The Morgan fingerprint density at radius 3 is 2.77 bits per heavy atom. The van der Waals surface area contributed by atoms with E-state index in [0.29, 0.717) is 22.2 Å². The number of aromatic nitrogens is 1. The summed E-state index contributed by atoms with van der Waals surface area (Å²) in [4.78, 5) is 17.7. The molecular weight excluding hydrogens is 475 g/mol. The van der Waals surface area contributed by atoms with Crippen molar-refractivity contribution < 1.29 is 23.4 Å². The molecule has 2 aromatic carbocycles. The molecule has 0 spiro atoms. The number of amides is 1. The summed E-state index contributed by atoms with van der Waals surface area (Å²) < 4.78 is 26.6. The molecule has 1 saturated heterocycles. The average molecular weight is 501 g/mol. The van der Waals surface area contributed by atoms with E-state index in [0.717, 1.165) is 0 Å². The van der Waals surface area contributed by atoms with Gasteiger partial charge in [-0.05, 0) is 35.2 Å². The molecule has 2 N–H and O–H groups in total. The largest absolute Gasteiger partial charge is 0.465 e. The molecule has 1 unspecified atom stereocenters. The number of rotatable bonds is 4. The molecule has 8 nitrogen and oxygen atoms in total. The molecule has 10 heteroatoms. The van der Waals surface area contributed by atoms with Gasteiger partial charge in [-0.15, -0.1) is 0 Å². The fraction of sp³-hybridized carbons (Fsp3) is 0.400. The molecule has 3 atom stereocenters. The summed E-state index contributed by atoms with van der Waals surface area (Å²) in [7, 11) is 0. The Balaban J connectivity index is 1.68. The molecule has 1 fully saturated rings. The zero-order valence-corrected chi connectivity index (χ0v) is 20.3. The van der Waals surface area contributed by atoms with Crippen molar-refractivity contribution in [1.29, 1.82) is 5.26 Å². The molecule has 2 heterocycles. The van der Waals surface area contributed by atoms with Crippen molar-refractivity contribution in [2.45, 2.75) is 33.0 Å². The summed E-state index contributed by atoms with van der Waals surface area (Å²) in [5.74, 6) is -0.987. The summed E-state index contributed by atoms with van der Waals surface area (Å²) in [6.45, 7) is 6.47. The van der Waals surface area contributed by atoms with Crippen molar-refractivity contribution in [3.63, 3.8) is 0 Å². The standard InChI is InChI=1S/C25H26ClFN4O4/c1-25(2,3)20-13-31(24(32)33)12-16(22(35-20)14-7-8-17(26)18(27)9-14)11-29-23-30-21-15(10-28)5-4-6-19(21)34-23/h4-9,16,20,22H,11-13H2,1-3H3,(H,29,30)(H,32,33)/t16-,20?,22+/m1/s1. The highest BCUT2D eigenvalue weighted by Gasteiger charge is 2.40. The zero-order valence-electron chi connectivity index (χ0n) is 19.6. The Morgan fingerprint density at radius 1 is 1.34 bits per heavy atom. The SMILES string of the molecule is CC(C)(C)C1CN(C(=O)O)C[C@@H](CNc2nc3c(C#N)cccc3o2)[C@H](c2ccc(Cl)c(F)c2)O1. The van der Waals surface area contributed by atoms with Crippen molar-refractivity contribution in [2.24, 2.45) is 11.3 Å². The second-order valence-corrected chi connectivity index (χ2v) is 10.1. The minimum Gasteiger partial charge on any atom is -0.465 e. The lowest BCUT2D eigenvalue weighted by Crippen LogP contribution is -2.42. The molecule has 1 amide bonds. The van der Waals surface area contributed by atoms with Crippen LogP contribution in [0.25, 0.3) is 11.1 Å². The van der Waals surface area contributed by atoms with Gasteiger partial charge >= 0.3 is 6.09 Å². The molecule has 4 rings (SSSR count). The number of nitriles is 1. The fourth-order valence-corrected chi connectivity index (χ4v) is 4.28. The van der Waals surface area contributed by atoms with E-state index >= 15 is 0 Å². The van der Waals surface area contributed by atoms with E-state index < -0.39 is 30.0 Å². The van der Waals surface area contributed by atoms with Crippen LogP contribution in [-0.4, -0.2) is 46.8 Å². The number of hydrogen-bond donors (Lipinski definition) is 2. The predicted molar refractivity (Wildman–Crippen MR) is 129 cm³/mol. The quantitative estimate of drug-likeness (QED) is 0.473. The minimum atomic E-state index is -1.06. The van der Waals surface area contributed by atoms with Gasteiger partial charge in [0.05, 0.1) is 29.3 Å². The number of carbonyl (C=O) groups is 1. The molecule has 0 aliphatic carbocycles. The molecule has 184 valence electrons. The number of nitrogens with zero attached hydrogens (tertiary/aromatic N) is 3. The fourth-order valence-electron chi connectivity index (χ4n) is 4.16. The van der Waals surface area contributed by atoms with E-state index in [1.807, 2.05) is 20.8 Å². The van der Waals surface area contributed by atoms with Gasteiger partial charge in [0, 0.05) is 19.0 Å². The lowest BCUT2D eigenvalue weighted by atomic mass is 9.88. The number of hydrogen-bond acceptors (Lipinski definition) is 6. The normalized spacial score (nSPS) is 20.9. The van der Waals surface area contributed by atoms with Crippen LogP contribution < -0.4 is 5.32 Å². The van der Waals surface area contributed by atoms with Crippen LogP contribution in [0.4, 0.5) is 15.2 Å². The summed E-state index contributed by atoms with van der Waals surface area (Å²) >= 11 is 5.90. The summed E-state index contributed by atoms with van der Waals surface area (Å²) in [6.07, 6.45) is -2.12. The van der Waals surface area contributed by atoms with Crippen molar-refractivity contribution in [3.05, 3.63) is 58.4 Å². The van der Waals surface area contributed by atoms with Gasteiger partial charge in [-0.3, -0.25) is 0 Å². The maximum Gasteiger partial charge on any atom is 0.407 e. The first kappa shape index (κ1) is 24.8. The van der Waals surface area contributed by atoms with E-state index in [4.69, 9.17) is 20.8 Å². The number of carboxylic acid groups (broad SMARTS) is 1. The first-order valence-electron chi connectivity index (χ1n) is 11.2. The van der Waals surface area contributed by atoms with Crippen molar-refractivity contribution in [2.75, 3.05) is 25.0 Å². The molecule has 0 radical (unpaired) electrons. The van der Waals surface area contributed by atoms with Gasteiger partial charge in [0.25, 0.3) is 6.01 Å². The first-order chi connectivity index (χ1) is 16.6. The van der Waals surface area contributed by atoms with Gasteiger partial charge < -0.3 is 24.5 Å². The van der Waals surface area contributed by atoms with Crippen LogP contribution in [0.1, 0.15) is 38.0 Å². The van der Waals surface area contributed by atoms with Gasteiger partial charge in [-0.1, -0.05) is 44.5 Å². The maximum atomic E-state index is 14.4. The molecular formula is C25H26ClFN4O4. The van der Waals surface area contributed by atoms with Crippen LogP contribution in [0.15, 0.2) is 40.8 Å². The van der Waals surface area contributed by atoms with Crippen LogP contribution >= 0.6 is 11.6 Å². The summed E-state index contributed by atoms with van der Waals surface area (Å²) in [5.41, 5.74) is 1.47. The second-order valence-electron chi connectivity index (χ2n) is 9.70. The van der Waals surface area contributed by atoms with E-state index in [-0.39, 0.29) is 36.1 Å². The van der Waals surface area contributed by atoms with Crippen LogP contribution in [0.5, 0.6) is 0 Å². The van der Waals surface area contributed by atoms with Crippen LogP contribution in [0, 0.1) is 28.5 Å². The predicted octanol–water partition coefficient (Wildman–Crippen LogP) is 5.69. The smallest absolute Gasteiger partial charge is 0.407 e. The third kappa shape index (κ3) is 5.34. The number of benzene rings is 2. The highest BCUT2D eigenvalue weighted by Crippen LogP contribution is 2.38. The van der Waals surface area contributed by atoms with Gasteiger partial charge in [0.2, 0.25) is 0 Å². The first-order valence-corrected chi connectivity index (χ1v) is 11.6. The molecule has 3 aromatic rings. The van der Waals surface area contributed by atoms with E-state index in [9.17, 15) is 19.6 Å². The van der Waals surface area contributed by atoms with Gasteiger partial charge in [0.15, 0.2) is 5.58 Å². The Bertz CT molecular complexity index is 1280. The maximum absolute atomic E-state index is 14.4. The van der Waals surface area contributed by atoms with E-state index in [1.165, 1.54) is 17.0 Å². The number of anilines is 1. The van der Waals surface area contributed by atoms with Crippen molar-refractivity contribution in [3.8, 4) is 6.07 Å². The number of ether oxygens (including phenoxy) is 1. The lowest BCUT2D eigenvalue weighted by molar-refractivity contribution is -0.0754. The Morgan fingerprint density at radius 2 is 2.11 bits per heavy atom. The average Bonchev–Trinajstić information content (AvgIpc) is 3.11. The van der Waals surface area contributed by atoms with Crippen molar-refractivity contribution >= 4 is 34.8 Å². The molecule has 0 bridgehead atoms.